The molecule has 1 aliphatic rings. The monoisotopic (exact) mass is 353 g/mol. The Kier molecular flexibility index (Phi) is 3.81. The highest BCUT2D eigenvalue weighted by atomic mass is 32.1. The quantitative estimate of drug-likeness (QED) is 0.754. The summed E-state index contributed by atoms with van der Waals surface area (Å²) in [6, 6.07) is 7.15. The molecule has 7 nitrogen and oxygen atoms in total. The van der Waals surface area contributed by atoms with E-state index >= 15 is 0 Å². The van der Waals surface area contributed by atoms with Crippen molar-refractivity contribution in [1.29, 1.82) is 0 Å². The molecule has 25 heavy (non-hydrogen) atoms. The molecule has 3 aromatic heterocycles. The lowest BCUT2D eigenvalue weighted by atomic mass is 10.1. The molecule has 0 fully saturated rings. The van der Waals surface area contributed by atoms with Crippen LogP contribution in [0.1, 0.15) is 25.7 Å². The van der Waals surface area contributed by atoms with Gasteiger partial charge in [-0.25, -0.2) is 9.97 Å². The first-order valence-corrected chi connectivity index (χ1v) is 8.66. The van der Waals surface area contributed by atoms with Gasteiger partial charge in [0, 0.05) is 31.9 Å². The standard InChI is InChI=1S/C17H15N5O2S/c1-22-12-5-7-18-15(23)10(12)9-13(22)11-4-6-19-17(20-11)21-16(24)14-3-2-8-25-14/h2-4,6,8-9H,5,7H2,1H3,(H,18,23)(H,19,20,21,24). The number of nitrogens with zero attached hydrogens (tertiary/aromatic N) is 3. The summed E-state index contributed by atoms with van der Waals surface area (Å²) in [4.78, 5) is 33.3. The van der Waals surface area contributed by atoms with Crippen molar-refractivity contribution in [3.05, 3.63) is 52.0 Å². The number of fused-ring (bicyclic) bond motifs is 1. The largest absolute Gasteiger partial charge is 0.352 e. The maximum Gasteiger partial charge on any atom is 0.268 e. The minimum Gasteiger partial charge on any atom is -0.352 e. The molecule has 0 atom stereocenters. The zero-order valence-corrected chi connectivity index (χ0v) is 14.3. The zero-order valence-electron chi connectivity index (χ0n) is 13.4. The van der Waals surface area contributed by atoms with Gasteiger partial charge in [0.25, 0.3) is 11.8 Å². The lowest BCUT2D eigenvalue weighted by Gasteiger charge is -2.14. The molecule has 4 heterocycles. The highest BCUT2D eigenvalue weighted by molar-refractivity contribution is 7.12. The van der Waals surface area contributed by atoms with E-state index in [0.717, 1.165) is 17.8 Å². The van der Waals surface area contributed by atoms with Gasteiger partial charge in [-0.1, -0.05) is 6.07 Å². The van der Waals surface area contributed by atoms with Crippen LogP contribution in [0.5, 0.6) is 0 Å². The third-order valence-corrected chi connectivity index (χ3v) is 5.01. The van der Waals surface area contributed by atoms with Crippen LogP contribution in [0.15, 0.2) is 35.8 Å². The molecule has 0 saturated carbocycles. The normalized spacial score (nSPS) is 13.2. The van der Waals surface area contributed by atoms with Crippen LogP contribution in [0.3, 0.4) is 0 Å². The van der Waals surface area contributed by atoms with Crippen molar-refractivity contribution in [3.8, 4) is 11.4 Å². The fourth-order valence-corrected chi connectivity index (χ4v) is 3.53. The molecule has 0 radical (unpaired) electrons. The maximum absolute atomic E-state index is 12.2. The third kappa shape index (κ3) is 2.80. The Bertz CT molecular complexity index is 962. The number of thiophene rings is 1. The van der Waals surface area contributed by atoms with Gasteiger partial charge in [-0.05, 0) is 23.6 Å². The summed E-state index contributed by atoms with van der Waals surface area (Å²) in [5, 5.41) is 7.39. The highest BCUT2D eigenvalue weighted by Gasteiger charge is 2.23. The van der Waals surface area contributed by atoms with Crippen LogP contribution in [0, 0.1) is 0 Å². The van der Waals surface area contributed by atoms with Gasteiger partial charge in [0.2, 0.25) is 5.95 Å². The van der Waals surface area contributed by atoms with E-state index in [4.69, 9.17) is 0 Å². The van der Waals surface area contributed by atoms with Crippen molar-refractivity contribution >= 4 is 29.1 Å². The molecule has 0 unspecified atom stereocenters. The molecule has 0 saturated heterocycles. The fourth-order valence-electron chi connectivity index (χ4n) is 2.91. The molecule has 2 N–H and O–H groups in total. The first-order chi connectivity index (χ1) is 12.1. The van der Waals surface area contributed by atoms with E-state index in [1.54, 1.807) is 18.3 Å². The van der Waals surface area contributed by atoms with Crippen molar-refractivity contribution in [2.24, 2.45) is 7.05 Å². The minimum absolute atomic E-state index is 0.0663. The lowest BCUT2D eigenvalue weighted by molar-refractivity contribution is 0.0944. The van der Waals surface area contributed by atoms with Crippen molar-refractivity contribution < 1.29 is 9.59 Å². The molecule has 8 heteroatoms. The van der Waals surface area contributed by atoms with Crippen LogP contribution in [-0.2, 0) is 13.5 Å². The Morgan fingerprint density at radius 1 is 1.40 bits per heavy atom. The van der Waals surface area contributed by atoms with E-state index in [0.29, 0.717) is 22.7 Å². The fraction of sp³-hybridized carbons (Fsp3) is 0.176. The van der Waals surface area contributed by atoms with Crippen molar-refractivity contribution in [2.75, 3.05) is 11.9 Å². The second kappa shape index (κ2) is 6.14. The van der Waals surface area contributed by atoms with Crippen LogP contribution < -0.4 is 10.6 Å². The predicted octanol–water partition coefficient (Wildman–Crippen LogP) is 2.08. The zero-order chi connectivity index (χ0) is 17.4. The van der Waals surface area contributed by atoms with Crippen LogP contribution in [0.25, 0.3) is 11.4 Å². The Morgan fingerprint density at radius 2 is 2.28 bits per heavy atom. The number of aromatic nitrogens is 3. The number of hydrogen-bond donors (Lipinski definition) is 2. The molecule has 126 valence electrons. The summed E-state index contributed by atoms with van der Waals surface area (Å²) >= 11 is 1.36. The number of amides is 2. The number of nitrogens with one attached hydrogen (secondary N) is 2. The van der Waals surface area contributed by atoms with Gasteiger partial charge in [-0.15, -0.1) is 11.3 Å². The number of anilines is 1. The molecule has 1 aliphatic heterocycles. The van der Waals surface area contributed by atoms with Crippen LogP contribution in [0.4, 0.5) is 5.95 Å². The Labute approximate surface area is 147 Å². The molecule has 0 spiro atoms. The van der Waals surface area contributed by atoms with Gasteiger partial charge >= 0.3 is 0 Å². The van der Waals surface area contributed by atoms with Crippen LogP contribution >= 0.6 is 11.3 Å². The topological polar surface area (TPSA) is 88.9 Å². The summed E-state index contributed by atoms with van der Waals surface area (Å²) in [6.07, 6.45) is 2.38. The molecule has 0 aromatic carbocycles. The first kappa shape index (κ1) is 15.5. The molecular formula is C17H15N5O2S. The Balaban J connectivity index is 1.66. The van der Waals surface area contributed by atoms with E-state index < -0.39 is 0 Å². The van der Waals surface area contributed by atoms with E-state index in [1.807, 2.05) is 29.1 Å². The van der Waals surface area contributed by atoms with Gasteiger partial charge in [0.15, 0.2) is 0 Å². The molecule has 0 bridgehead atoms. The summed E-state index contributed by atoms with van der Waals surface area (Å²) < 4.78 is 1.97. The van der Waals surface area contributed by atoms with Crippen molar-refractivity contribution in [2.45, 2.75) is 6.42 Å². The average molecular weight is 353 g/mol. The van der Waals surface area contributed by atoms with Gasteiger partial charge in [0.1, 0.15) is 0 Å². The Morgan fingerprint density at radius 3 is 3.04 bits per heavy atom. The summed E-state index contributed by atoms with van der Waals surface area (Å²) in [5.74, 6) is -0.0689. The minimum atomic E-state index is -0.238. The average Bonchev–Trinajstić information content (AvgIpc) is 3.25. The summed E-state index contributed by atoms with van der Waals surface area (Å²) in [6.45, 7) is 0.634. The van der Waals surface area contributed by atoms with E-state index in [1.165, 1.54) is 11.3 Å². The predicted molar refractivity (Wildman–Crippen MR) is 94.7 cm³/mol. The van der Waals surface area contributed by atoms with Gasteiger partial charge in [-0.2, -0.15) is 0 Å². The van der Waals surface area contributed by atoms with E-state index in [2.05, 4.69) is 20.6 Å². The second-order valence-electron chi connectivity index (χ2n) is 5.65. The molecular weight excluding hydrogens is 338 g/mol. The highest BCUT2D eigenvalue weighted by Crippen LogP contribution is 2.26. The van der Waals surface area contributed by atoms with Gasteiger partial charge < -0.3 is 9.88 Å². The van der Waals surface area contributed by atoms with E-state index in [-0.39, 0.29) is 17.8 Å². The maximum atomic E-state index is 12.2. The molecule has 2 amide bonds. The number of carbonyl (C=O) groups is 2. The van der Waals surface area contributed by atoms with Gasteiger partial charge in [0.05, 0.1) is 21.8 Å². The first-order valence-electron chi connectivity index (χ1n) is 7.78. The summed E-state index contributed by atoms with van der Waals surface area (Å²) in [7, 11) is 1.92. The molecule has 0 aliphatic carbocycles. The van der Waals surface area contributed by atoms with Gasteiger partial charge in [-0.3, -0.25) is 14.9 Å². The third-order valence-electron chi connectivity index (χ3n) is 4.14. The number of carbonyl (C=O) groups excluding carboxylic acids is 2. The number of hydrogen-bond acceptors (Lipinski definition) is 5. The number of rotatable bonds is 3. The Hall–Kier alpha value is -3.00. The molecule has 4 rings (SSSR count). The van der Waals surface area contributed by atoms with Crippen molar-refractivity contribution in [1.82, 2.24) is 19.9 Å². The smallest absolute Gasteiger partial charge is 0.268 e. The van der Waals surface area contributed by atoms with E-state index in [9.17, 15) is 9.59 Å². The van der Waals surface area contributed by atoms with Crippen LogP contribution in [0.2, 0.25) is 0 Å². The second-order valence-corrected chi connectivity index (χ2v) is 6.60. The lowest BCUT2D eigenvalue weighted by Crippen LogP contribution is -2.31. The molecule has 3 aromatic rings. The summed E-state index contributed by atoms with van der Waals surface area (Å²) in [5.41, 5.74) is 3.13. The SMILES string of the molecule is Cn1c(-c2ccnc(NC(=O)c3cccs3)n2)cc2c1CCNC2=O. The van der Waals surface area contributed by atoms with Crippen molar-refractivity contribution in [3.63, 3.8) is 0 Å². The van der Waals surface area contributed by atoms with Crippen LogP contribution in [-0.4, -0.2) is 32.9 Å².